The lowest BCUT2D eigenvalue weighted by molar-refractivity contribution is 0.685. The van der Waals surface area contributed by atoms with Gasteiger partial charge in [-0.3, -0.25) is 0 Å². The largest absolute Gasteiger partial charge is 0.349 e. The topological polar surface area (TPSA) is 27.0 Å². The fraction of sp³-hybridized carbons (Fsp3) is 0.357. The maximum absolute atomic E-state index is 8.74. The second-order valence-corrected chi connectivity index (χ2v) is 4.16. The highest BCUT2D eigenvalue weighted by molar-refractivity contribution is 5.53. The van der Waals surface area contributed by atoms with Gasteiger partial charge < -0.3 is 4.90 Å². The Labute approximate surface area is 96.8 Å². The first-order valence-corrected chi connectivity index (χ1v) is 5.74. The standard InChI is InChI=1S/C14H16N2/c1-16(13-5-3-2-4-6-13)14-9-7-12(11-15)8-10-14/h5,7-10H,2-4,6H2,1H3. The third-order valence-electron chi connectivity index (χ3n) is 3.08. The smallest absolute Gasteiger partial charge is 0.0991 e. The van der Waals surface area contributed by atoms with Crippen LogP contribution in [-0.2, 0) is 0 Å². The van der Waals surface area contributed by atoms with Gasteiger partial charge in [-0.15, -0.1) is 0 Å². The van der Waals surface area contributed by atoms with Gasteiger partial charge in [-0.05, 0) is 49.9 Å². The molecular weight excluding hydrogens is 196 g/mol. The van der Waals surface area contributed by atoms with E-state index in [0.29, 0.717) is 0 Å². The number of hydrogen-bond acceptors (Lipinski definition) is 2. The first-order chi connectivity index (χ1) is 7.81. The van der Waals surface area contributed by atoms with Gasteiger partial charge in [0, 0.05) is 18.4 Å². The molecule has 0 fully saturated rings. The number of rotatable bonds is 2. The van der Waals surface area contributed by atoms with Crippen LogP contribution in [0.15, 0.2) is 36.0 Å². The quantitative estimate of drug-likeness (QED) is 0.750. The number of hydrogen-bond donors (Lipinski definition) is 0. The lowest BCUT2D eigenvalue weighted by atomic mass is 10.0. The summed E-state index contributed by atoms with van der Waals surface area (Å²) in [6, 6.07) is 9.90. The molecular formula is C14H16N2. The van der Waals surface area contributed by atoms with Crippen molar-refractivity contribution in [2.75, 3.05) is 11.9 Å². The molecule has 0 heterocycles. The Balaban J connectivity index is 2.17. The van der Waals surface area contributed by atoms with E-state index >= 15 is 0 Å². The van der Waals surface area contributed by atoms with E-state index in [-0.39, 0.29) is 0 Å². The molecule has 0 spiro atoms. The molecule has 0 amide bonds. The van der Waals surface area contributed by atoms with Gasteiger partial charge in [0.1, 0.15) is 0 Å². The van der Waals surface area contributed by atoms with Crippen LogP contribution in [0.1, 0.15) is 31.2 Å². The van der Waals surface area contributed by atoms with Crippen LogP contribution in [0.25, 0.3) is 0 Å². The minimum atomic E-state index is 0.717. The van der Waals surface area contributed by atoms with Crippen LogP contribution in [0.4, 0.5) is 5.69 Å². The summed E-state index contributed by atoms with van der Waals surface area (Å²) < 4.78 is 0. The minimum absolute atomic E-state index is 0.717. The summed E-state index contributed by atoms with van der Waals surface area (Å²) in [4.78, 5) is 2.22. The normalized spacial score (nSPS) is 15.1. The summed E-state index contributed by atoms with van der Waals surface area (Å²) in [5.41, 5.74) is 3.28. The van der Waals surface area contributed by atoms with E-state index in [4.69, 9.17) is 5.26 Å². The average Bonchev–Trinajstić information content (AvgIpc) is 2.39. The summed E-state index contributed by atoms with van der Waals surface area (Å²) in [7, 11) is 2.10. The van der Waals surface area contributed by atoms with E-state index in [2.05, 4.69) is 24.1 Å². The Morgan fingerprint density at radius 3 is 2.50 bits per heavy atom. The second-order valence-electron chi connectivity index (χ2n) is 4.16. The molecule has 1 aliphatic rings. The van der Waals surface area contributed by atoms with Gasteiger partial charge in [0.05, 0.1) is 11.6 Å². The molecule has 82 valence electrons. The summed E-state index contributed by atoms with van der Waals surface area (Å²) >= 11 is 0. The molecule has 0 N–H and O–H groups in total. The number of benzene rings is 1. The SMILES string of the molecule is CN(C1=CCCCC1)c1ccc(C#N)cc1. The monoisotopic (exact) mass is 212 g/mol. The van der Waals surface area contributed by atoms with Gasteiger partial charge in [-0.2, -0.15) is 5.26 Å². The Morgan fingerprint density at radius 1 is 1.19 bits per heavy atom. The van der Waals surface area contributed by atoms with Crippen molar-refractivity contribution in [1.82, 2.24) is 0 Å². The summed E-state index contributed by atoms with van der Waals surface area (Å²) in [6.07, 6.45) is 7.27. The van der Waals surface area contributed by atoms with Crippen molar-refractivity contribution < 1.29 is 0 Å². The second kappa shape index (κ2) is 4.85. The number of allylic oxidation sites excluding steroid dienone is 2. The lowest BCUT2D eigenvalue weighted by Crippen LogP contribution is -2.17. The molecule has 1 aliphatic carbocycles. The van der Waals surface area contributed by atoms with Crippen molar-refractivity contribution in [3.05, 3.63) is 41.6 Å². The van der Waals surface area contributed by atoms with Gasteiger partial charge in [0.25, 0.3) is 0 Å². The maximum atomic E-state index is 8.74. The van der Waals surface area contributed by atoms with Crippen LogP contribution in [0, 0.1) is 11.3 Å². The molecule has 16 heavy (non-hydrogen) atoms. The fourth-order valence-electron chi connectivity index (χ4n) is 2.05. The van der Waals surface area contributed by atoms with Crippen LogP contribution in [-0.4, -0.2) is 7.05 Å². The predicted molar refractivity (Wildman–Crippen MR) is 66.1 cm³/mol. The van der Waals surface area contributed by atoms with Crippen molar-refractivity contribution in [3.63, 3.8) is 0 Å². The zero-order valence-electron chi connectivity index (χ0n) is 9.61. The molecule has 0 atom stereocenters. The molecule has 2 nitrogen and oxygen atoms in total. The molecule has 0 aromatic heterocycles. The van der Waals surface area contributed by atoms with Crippen LogP contribution in [0.2, 0.25) is 0 Å². The molecule has 2 rings (SSSR count). The summed E-state index contributed by atoms with van der Waals surface area (Å²) in [5, 5.41) is 8.74. The molecule has 2 heteroatoms. The van der Waals surface area contributed by atoms with Crippen LogP contribution in [0.5, 0.6) is 0 Å². The molecule has 0 unspecified atom stereocenters. The number of anilines is 1. The van der Waals surface area contributed by atoms with E-state index in [1.807, 2.05) is 24.3 Å². The zero-order chi connectivity index (χ0) is 11.4. The van der Waals surface area contributed by atoms with Crippen LogP contribution < -0.4 is 4.90 Å². The van der Waals surface area contributed by atoms with E-state index in [0.717, 1.165) is 17.7 Å². The van der Waals surface area contributed by atoms with Gasteiger partial charge in [0.2, 0.25) is 0 Å². The average molecular weight is 212 g/mol. The van der Waals surface area contributed by atoms with Crippen molar-refractivity contribution >= 4 is 5.69 Å². The zero-order valence-corrected chi connectivity index (χ0v) is 9.61. The Hall–Kier alpha value is -1.75. The van der Waals surface area contributed by atoms with Gasteiger partial charge >= 0.3 is 0 Å². The van der Waals surface area contributed by atoms with Crippen molar-refractivity contribution in [2.45, 2.75) is 25.7 Å². The van der Waals surface area contributed by atoms with Gasteiger partial charge in [0.15, 0.2) is 0 Å². The van der Waals surface area contributed by atoms with Crippen LogP contribution >= 0.6 is 0 Å². The predicted octanol–water partition coefficient (Wildman–Crippen LogP) is 3.45. The third-order valence-corrected chi connectivity index (χ3v) is 3.08. The van der Waals surface area contributed by atoms with Crippen LogP contribution in [0.3, 0.4) is 0 Å². The highest BCUT2D eigenvalue weighted by atomic mass is 15.1. The number of nitriles is 1. The molecule has 0 radical (unpaired) electrons. The fourth-order valence-corrected chi connectivity index (χ4v) is 2.05. The van der Waals surface area contributed by atoms with E-state index in [9.17, 15) is 0 Å². The molecule has 0 aliphatic heterocycles. The highest BCUT2D eigenvalue weighted by Crippen LogP contribution is 2.25. The lowest BCUT2D eigenvalue weighted by Gasteiger charge is -2.25. The van der Waals surface area contributed by atoms with Crippen molar-refractivity contribution in [1.29, 1.82) is 5.26 Å². The Bertz CT molecular complexity index is 423. The number of nitrogens with zero attached hydrogens (tertiary/aromatic N) is 2. The summed E-state index contributed by atoms with van der Waals surface area (Å²) in [5.74, 6) is 0. The summed E-state index contributed by atoms with van der Waals surface area (Å²) in [6.45, 7) is 0. The highest BCUT2D eigenvalue weighted by Gasteiger charge is 2.09. The van der Waals surface area contributed by atoms with Crippen molar-refractivity contribution in [3.8, 4) is 6.07 Å². The molecule has 1 aromatic carbocycles. The Kier molecular flexibility index (Phi) is 3.26. The van der Waals surface area contributed by atoms with Crippen molar-refractivity contribution in [2.24, 2.45) is 0 Å². The van der Waals surface area contributed by atoms with E-state index in [1.54, 1.807) is 0 Å². The van der Waals surface area contributed by atoms with E-state index < -0.39 is 0 Å². The van der Waals surface area contributed by atoms with E-state index in [1.165, 1.54) is 25.0 Å². The minimum Gasteiger partial charge on any atom is -0.349 e. The van der Waals surface area contributed by atoms with Gasteiger partial charge in [-0.25, -0.2) is 0 Å². The third kappa shape index (κ3) is 2.25. The maximum Gasteiger partial charge on any atom is 0.0991 e. The van der Waals surface area contributed by atoms with Gasteiger partial charge in [-0.1, -0.05) is 6.08 Å². The molecule has 0 bridgehead atoms. The Morgan fingerprint density at radius 2 is 1.94 bits per heavy atom. The first-order valence-electron chi connectivity index (χ1n) is 5.74. The first kappa shape index (κ1) is 10.8. The molecule has 0 saturated heterocycles. The molecule has 1 aromatic rings. The molecule has 0 saturated carbocycles.